The van der Waals surface area contributed by atoms with Crippen LogP contribution in [-0.2, 0) is 19.1 Å². The number of rotatable bonds is 8. The highest BCUT2D eigenvalue weighted by atomic mass is 32.2. The zero-order valence-electron chi connectivity index (χ0n) is 22.8. The topological polar surface area (TPSA) is 135 Å². The number of amides is 3. The normalized spacial score (nSPS) is 19.0. The highest BCUT2D eigenvalue weighted by Gasteiger charge is 2.56. The van der Waals surface area contributed by atoms with Gasteiger partial charge in [0.05, 0.1) is 28.8 Å². The number of anilines is 2. The number of nitrogens with one attached hydrogen (secondary N) is 2. The van der Waals surface area contributed by atoms with Crippen molar-refractivity contribution in [3.8, 4) is 5.75 Å². The van der Waals surface area contributed by atoms with Gasteiger partial charge < -0.3 is 19.8 Å². The van der Waals surface area contributed by atoms with Crippen molar-refractivity contribution in [3.63, 3.8) is 0 Å². The summed E-state index contributed by atoms with van der Waals surface area (Å²) in [6.07, 6.45) is 0. The van der Waals surface area contributed by atoms with Gasteiger partial charge in [-0.3, -0.25) is 19.2 Å². The monoisotopic (exact) mass is 615 g/mol. The standard InChI is InChI=1S/C31H25N3O7S2/c1-2-40-30(38)18-8-12-20(13-9-18)34-28(36)24-23(25-27(33-31(39)43-25)42-26(24)29(34)37)17-10-14-21(15-11-17)41-16-22(35)32-19-6-4-3-5-7-19/h3-15,23-24,26H,2,16H2,1H3,(H,32,35)(H,33,39)/t23-,24-,26+/m0/s1. The quantitative estimate of drug-likeness (QED) is 0.220. The van der Waals surface area contributed by atoms with E-state index >= 15 is 0 Å². The fourth-order valence-corrected chi connectivity index (χ4v) is 7.75. The van der Waals surface area contributed by atoms with E-state index in [2.05, 4.69) is 10.3 Å². The number of para-hydroxylation sites is 1. The fraction of sp³-hybridized carbons (Fsp3) is 0.194. The number of aromatic nitrogens is 1. The maximum absolute atomic E-state index is 13.9. The Bertz CT molecular complexity index is 1750. The number of thiazole rings is 1. The van der Waals surface area contributed by atoms with E-state index in [1.165, 1.54) is 23.9 Å². The number of fused-ring (bicyclic) bond motifs is 2. The van der Waals surface area contributed by atoms with Crippen molar-refractivity contribution in [1.82, 2.24) is 4.98 Å². The number of hydrogen-bond donors (Lipinski definition) is 2. The van der Waals surface area contributed by atoms with Crippen molar-refractivity contribution in [2.24, 2.45) is 5.92 Å². The van der Waals surface area contributed by atoms with Crippen LogP contribution >= 0.6 is 23.1 Å². The minimum Gasteiger partial charge on any atom is -0.484 e. The molecular weight excluding hydrogens is 590 g/mol. The van der Waals surface area contributed by atoms with Crippen molar-refractivity contribution in [2.75, 3.05) is 23.4 Å². The van der Waals surface area contributed by atoms with Crippen molar-refractivity contribution in [2.45, 2.75) is 23.1 Å². The molecule has 0 saturated carbocycles. The minimum atomic E-state index is -0.760. The average molecular weight is 616 g/mol. The predicted molar refractivity (Wildman–Crippen MR) is 162 cm³/mol. The molecule has 0 bridgehead atoms. The first-order valence-corrected chi connectivity index (χ1v) is 15.2. The summed E-state index contributed by atoms with van der Waals surface area (Å²) < 4.78 is 10.7. The van der Waals surface area contributed by atoms with E-state index in [1.54, 1.807) is 55.5 Å². The Morgan fingerprint density at radius 2 is 1.65 bits per heavy atom. The molecule has 1 saturated heterocycles. The van der Waals surface area contributed by atoms with E-state index in [0.29, 0.717) is 32.6 Å². The van der Waals surface area contributed by atoms with E-state index in [1.807, 2.05) is 18.2 Å². The molecule has 218 valence electrons. The third-order valence-corrected chi connectivity index (χ3v) is 9.53. The molecule has 2 aliphatic rings. The second-order valence-electron chi connectivity index (χ2n) is 9.80. The predicted octanol–water partition coefficient (Wildman–Crippen LogP) is 4.43. The van der Waals surface area contributed by atoms with Gasteiger partial charge in [-0.05, 0) is 61.0 Å². The number of benzene rings is 3. The molecule has 12 heteroatoms. The first-order chi connectivity index (χ1) is 20.8. The van der Waals surface area contributed by atoms with E-state index in [9.17, 15) is 24.0 Å². The number of thioether (sulfide) groups is 1. The maximum Gasteiger partial charge on any atom is 0.338 e. The second-order valence-corrected chi connectivity index (χ2v) is 12.0. The van der Waals surface area contributed by atoms with Crippen LogP contribution in [0.1, 0.15) is 33.6 Å². The molecule has 3 atom stereocenters. The summed E-state index contributed by atoms with van der Waals surface area (Å²) >= 11 is 2.21. The van der Waals surface area contributed by atoms with Gasteiger partial charge in [0.25, 0.3) is 5.91 Å². The summed E-state index contributed by atoms with van der Waals surface area (Å²) in [6.45, 7) is 1.75. The van der Waals surface area contributed by atoms with Crippen LogP contribution in [0.5, 0.6) is 5.75 Å². The molecule has 10 nitrogen and oxygen atoms in total. The van der Waals surface area contributed by atoms with Gasteiger partial charge in [0.2, 0.25) is 11.8 Å². The Hall–Kier alpha value is -4.68. The third kappa shape index (κ3) is 5.58. The molecule has 3 aromatic carbocycles. The Morgan fingerprint density at radius 1 is 0.930 bits per heavy atom. The van der Waals surface area contributed by atoms with Crippen molar-refractivity contribution < 1.29 is 28.7 Å². The van der Waals surface area contributed by atoms with Gasteiger partial charge in [0.15, 0.2) is 6.61 Å². The molecule has 6 rings (SSSR count). The molecule has 2 aliphatic heterocycles. The lowest BCUT2D eigenvalue weighted by Crippen LogP contribution is -2.32. The number of nitrogens with zero attached hydrogens (tertiary/aromatic N) is 1. The molecular formula is C31H25N3O7S2. The summed E-state index contributed by atoms with van der Waals surface area (Å²) in [5, 5.41) is 2.58. The zero-order chi connectivity index (χ0) is 30.1. The Kier molecular flexibility index (Phi) is 7.87. The Balaban J connectivity index is 1.24. The molecule has 3 amide bonds. The van der Waals surface area contributed by atoms with E-state index in [-0.39, 0.29) is 29.9 Å². The van der Waals surface area contributed by atoms with Crippen LogP contribution < -0.4 is 19.8 Å². The van der Waals surface area contributed by atoms with Gasteiger partial charge in [-0.25, -0.2) is 9.69 Å². The largest absolute Gasteiger partial charge is 0.484 e. The molecule has 1 fully saturated rings. The number of carbonyl (C=O) groups excluding carboxylic acids is 4. The van der Waals surface area contributed by atoms with E-state index in [4.69, 9.17) is 9.47 Å². The lowest BCUT2D eigenvalue weighted by atomic mass is 9.83. The highest BCUT2D eigenvalue weighted by Crippen LogP contribution is 2.53. The molecule has 4 aromatic rings. The van der Waals surface area contributed by atoms with Gasteiger partial charge >= 0.3 is 10.8 Å². The number of aromatic amines is 1. The van der Waals surface area contributed by atoms with Gasteiger partial charge in [0.1, 0.15) is 11.0 Å². The highest BCUT2D eigenvalue weighted by molar-refractivity contribution is 8.00. The summed E-state index contributed by atoms with van der Waals surface area (Å²) in [4.78, 5) is 68.7. The van der Waals surface area contributed by atoms with Crippen LogP contribution in [0.3, 0.4) is 0 Å². The molecule has 2 N–H and O–H groups in total. The molecule has 0 aliphatic carbocycles. The van der Waals surface area contributed by atoms with Crippen LogP contribution in [0.2, 0.25) is 0 Å². The van der Waals surface area contributed by atoms with Crippen LogP contribution in [0.4, 0.5) is 11.4 Å². The number of hydrogen-bond acceptors (Lipinski definition) is 9. The Labute approximate surface area is 254 Å². The number of carbonyl (C=O) groups is 4. The zero-order valence-corrected chi connectivity index (χ0v) is 24.4. The first-order valence-electron chi connectivity index (χ1n) is 13.5. The van der Waals surface area contributed by atoms with E-state index in [0.717, 1.165) is 21.8 Å². The molecule has 0 spiro atoms. The van der Waals surface area contributed by atoms with Gasteiger partial charge in [0, 0.05) is 16.5 Å². The van der Waals surface area contributed by atoms with Crippen LogP contribution in [0.15, 0.2) is 88.7 Å². The van der Waals surface area contributed by atoms with Crippen LogP contribution in [-0.4, -0.2) is 47.1 Å². The number of ether oxygens (including phenoxy) is 2. The average Bonchev–Trinajstić information content (AvgIpc) is 3.51. The number of H-pyrrole nitrogens is 1. The molecule has 43 heavy (non-hydrogen) atoms. The summed E-state index contributed by atoms with van der Waals surface area (Å²) in [5.41, 5.74) is 2.06. The lowest BCUT2D eigenvalue weighted by Gasteiger charge is -2.29. The summed E-state index contributed by atoms with van der Waals surface area (Å²) in [7, 11) is 0. The van der Waals surface area contributed by atoms with E-state index < -0.39 is 29.0 Å². The van der Waals surface area contributed by atoms with Crippen molar-refractivity contribution >= 4 is 58.2 Å². The summed E-state index contributed by atoms with van der Waals surface area (Å²) in [6, 6.07) is 22.2. The van der Waals surface area contributed by atoms with Gasteiger partial charge in [-0.1, -0.05) is 53.4 Å². The van der Waals surface area contributed by atoms with Crippen molar-refractivity contribution in [1.29, 1.82) is 0 Å². The third-order valence-electron chi connectivity index (χ3n) is 7.13. The van der Waals surface area contributed by atoms with Crippen molar-refractivity contribution in [3.05, 3.63) is 105 Å². The summed E-state index contributed by atoms with van der Waals surface area (Å²) in [5.74, 6) is -2.44. The van der Waals surface area contributed by atoms with Crippen LogP contribution in [0.25, 0.3) is 0 Å². The molecule has 0 radical (unpaired) electrons. The maximum atomic E-state index is 13.9. The molecule has 1 aromatic heterocycles. The second kappa shape index (κ2) is 11.9. The molecule has 0 unspecified atom stereocenters. The lowest BCUT2D eigenvalue weighted by molar-refractivity contribution is -0.122. The minimum absolute atomic E-state index is 0.195. The van der Waals surface area contributed by atoms with Gasteiger partial charge in [-0.15, -0.1) is 0 Å². The van der Waals surface area contributed by atoms with Gasteiger partial charge in [-0.2, -0.15) is 0 Å². The number of esters is 1. The fourth-order valence-electron chi connectivity index (χ4n) is 5.23. The van der Waals surface area contributed by atoms with Crippen LogP contribution in [0, 0.1) is 5.92 Å². The first kappa shape index (κ1) is 28.4. The SMILES string of the molecule is CCOC(=O)c1ccc(N2C(=O)[C@H]3[C@H](c4ccc(OCC(=O)Nc5ccccc5)cc4)c4sc(=O)[nH]c4S[C@H]3C2=O)cc1. The number of imide groups is 1. The molecule has 3 heterocycles. The smallest absolute Gasteiger partial charge is 0.338 e. The Morgan fingerprint density at radius 3 is 2.35 bits per heavy atom.